The molecule has 1 aromatic carbocycles. The minimum Gasteiger partial charge on any atom is -0.388 e. The lowest BCUT2D eigenvalue weighted by Gasteiger charge is -2.33. The Balaban J connectivity index is 0.000000280. The van der Waals surface area contributed by atoms with Gasteiger partial charge in [0.1, 0.15) is 0 Å². The van der Waals surface area contributed by atoms with Gasteiger partial charge in [-0.3, -0.25) is 14.7 Å². The first-order valence-corrected chi connectivity index (χ1v) is 14.9. The van der Waals surface area contributed by atoms with Crippen LogP contribution in [0.25, 0.3) is 10.9 Å². The number of hydrogen-bond donors (Lipinski definition) is 2. The van der Waals surface area contributed by atoms with Crippen molar-refractivity contribution in [3.05, 3.63) is 78.7 Å². The van der Waals surface area contributed by atoms with Crippen molar-refractivity contribution in [3.8, 4) is 0 Å². The molecule has 3 fully saturated rings. The zero-order chi connectivity index (χ0) is 28.5. The quantitative estimate of drug-likeness (QED) is 0.276. The van der Waals surface area contributed by atoms with E-state index in [4.69, 9.17) is 0 Å². The number of fused-ring (bicyclic) bond motifs is 1. The summed E-state index contributed by atoms with van der Waals surface area (Å²) < 4.78 is 0. The molecule has 5 heteroatoms. The minimum atomic E-state index is 0.695. The van der Waals surface area contributed by atoms with Gasteiger partial charge in [0.15, 0.2) is 6.29 Å². The van der Waals surface area contributed by atoms with Gasteiger partial charge in [-0.2, -0.15) is 0 Å². The Morgan fingerprint density at radius 2 is 1.82 bits per heavy atom. The molecule has 2 saturated carbocycles. The number of benzene rings is 1. The van der Waals surface area contributed by atoms with Crippen LogP contribution in [0.3, 0.4) is 0 Å². The predicted octanol–water partition coefficient (Wildman–Crippen LogP) is 7.31. The lowest BCUT2D eigenvalue weighted by atomic mass is 9.86. The second-order valence-corrected chi connectivity index (χ2v) is 10.6. The van der Waals surface area contributed by atoms with Crippen molar-refractivity contribution >= 4 is 17.2 Å². The molecule has 2 aromatic rings. The molecule has 5 nitrogen and oxygen atoms in total. The van der Waals surface area contributed by atoms with Crippen LogP contribution in [-0.2, 0) is 0 Å². The molecule has 5 rings (SSSR count). The highest BCUT2D eigenvalue weighted by molar-refractivity contribution is 5.96. The molecule has 2 aliphatic carbocycles. The molecular weight excluding hydrogens is 480 g/mol. The second kappa shape index (κ2) is 18.5. The fourth-order valence-corrected chi connectivity index (χ4v) is 5.55. The highest BCUT2D eigenvalue weighted by Gasteiger charge is 2.24. The van der Waals surface area contributed by atoms with Crippen molar-refractivity contribution in [2.75, 3.05) is 33.2 Å². The number of aromatic nitrogens is 1. The summed E-state index contributed by atoms with van der Waals surface area (Å²) in [4.78, 5) is 17.4. The summed E-state index contributed by atoms with van der Waals surface area (Å²) >= 11 is 0. The lowest BCUT2D eigenvalue weighted by molar-refractivity contribution is 0.112. The van der Waals surface area contributed by atoms with Crippen LogP contribution >= 0.6 is 0 Å². The highest BCUT2D eigenvalue weighted by Crippen LogP contribution is 2.31. The van der Waals surface area contributed by atoms with Gasteiger partial charge in [-0.05, 0) is 80.8 Å². The normalized spacial score (nSPS) is 18.9. The van der Waals surface area contributed by atoms with Crippen LogP contribution in [0.1, 0.15) is 81.5 Å². The van der Waals surface area contributed by atoms with Gasteiger partial charge in [-0.25, -0.2) is 0 Å². The molecule has 1 aromatic heterocycles. The monoisotopic (exact) mass is 532 g/mol. The molecule has 0 atom stereocenters. The molecule has 1 aliphatic heterocycles. The van der Waals surface area contributed by atoms with Gasteiger partial charge < -0.3 is 11.1 Å². The van der Waals surface area contributed by atoms with E-state index in [1.807, 2.05) is 24.3 Å². The van der Waals surface area contributed by atoms with Gasteiger partial charge in [-0.1, -0.05) is 63.8 Å². The number of nitrogens with zero attached hydrogens (tertiary/aromatic N) is 2. The Morgan fingerprint density at radius 3 is 2.46 bits per heavy atom. The minimum absolute atomic E-state index is 0.695. The first-order valence-electron chi connectivity index (χ1n) is 14.9. The lowest BCUT2D eigenvalue weighted by Crippen LogP contribution is -2.35. The van der Waals surface area contributed by atoms with E-state index in [0.717, 1.165) is 42.0 Å². The van der Waals surface area contributed by atoms with Crippen LogP contribution in [0.5, 0.6) is 0 Å². The third-order valence-electron chi connectivity index (χ3n) is 7.92. The Morgan fingerprint density at radius 1 is 1.08 bits per heavy atom. The van der Waals surface area contributed by atoms with Crippen molar-refractivity contribution in [3.63, 3.8) is 0 Å². The van der Waals surface area contributed by atoms with Crippen LogP contribution in [0.2, 0.25) is 0 Å². The number of carbonyl (C=O) groups excluding carboxylic acids is 1. The van der Waals surface area contributed by atoms with Crippen molar-refractivity contribution in [1.29, 1.82) is 0 Å². The summed E-state index contributed by atoms with van der Waals surface area (Å²) in [6.07, 6.45) is 16.5. The number of nitrogens with two attached hydrogens (primary N) is 1. The SMILES string of the molecule is C=C.C=C1CN(CCC2CCCCC2)CC/C1=C(\CC)NCC1CC1.CN.O=Cc1cccc2ncccc12. The van der Waals surface area contributed by atoms with Crippen LogP contribution in [0.4, 0.5) is 0 Å². The summed E-state index contributed by atoms with van der Waals surface area (Å²) in [5, 5.41) is 4.64. The maximum absolute atomic E-state index is 10.6. The van der Waals surface area contributed by atoms with Gasteiger partial charge in [0.25, 0.3) is 0 Å². The fraction of sp³-hybridized carbons (Fsp3) is 0.529. The van der Waals surface area contributed by atoms with Gasteiger partial charge >= 0.3 is 0 Å². The molecule has 0 bridgehead atoms. The third kappa shape index (κ3) is 10.7. The Kier molecular flexibility index (Phi) is 15.4. The summed E-state index contributed by atoms with van der Waals surface area (Å²) in [5.41, 5.74) is 10.5. The molecule has 1 saturated heterocycles. The summed E-state index contributed by atoms with van der Waals surface area (Å²) in [6.45, 7) is 17.5. The topological polar surface area (TPSA) is 71.2 Å². The van der Waals surface area contributed by atoms with E-state index in [-0.39, 0.29) is 0 Å². The number of carbonyl (C=O) groups is 1. The summed E-state index contributed by atoms with van der Waals surface area (Å²) in [6, 6.07) is 9.24. The van der Waals surface area contributed by atoms with Gasteiger partial charge in [0, 0.05) is 42.5 Å². The zero-order valence-corrected chi connectivity index (χ0v) is 24.6. The smallest absolute Gasteiger partial charge is 0.150 e. The molecule has 0 spiro atoms. The Bertz CT molecular complexity index is 1030. The fourth-order valence-electron chi connectivity index (χ4n) is 5.55. The maximum Gasteiger partial charge on any atom is 0.150 e. The third-order valence-corrected chi connectivity index (χ3v) is 7.92. The molecule has 0 amide bonds. The first-order chi connectivity index (χ1) is 19.2. The van der Waals surface area contributed by atoms with Crippen molar-refractivity contribution < 1.29 is 4.79 Å². The van der Waals surface area contributed by atoms with Crippen LogP contribution in [0, 0.1) is 11.8 Å². The molecule has 3 aliphatic rings. The molecule has 0 radical (unpaired) electrons. The van der Waals surface area contributed by atoms with E-state index < -0.39 is 0 Å². The van der Waals surface area contributed by atoms with E-state index >= 15 is 0 Å². The standard InChI is InChI=1S/C21H36N2.C10H7NO.C2H4.CH5N/c1-3-21(22-15-19-9-10-19)20-12-14-23(16-17(20)2)13-11-18-7-5-4-6-8-18;12-7-8-3-1-5-10-9(8)4-2-6-11-10;2*1-2/h18-19,22H,2-16H2,1H3;1-7H;1-2H2;2H2,1H3/b21-20-;;;. The molecular formula is C34H52N4O. The summed E-state index contributed by atoms with van der Waals surface area (Å²) in [5.74, 6) is 1.95. The number of allylic oxidation sites excluding steroid dienone is 1. The van der Waals surface area contributed by atoms with E-state index in [0.29, 0.717) is 5.56 Å². The van der Waals surface area contributed by atoms with Crippen LogP contribution in [0.15, 0.2) is 73.1 Å². The second-order valence-electron chi connectivity index (χ2n) is 10.6. The van der Waals surface area contributed by atoms with Gasteiger partial charge in [-0.15, -0.1) is 13.2 Å². The van der Waals surface area contributed by atoms with E-state index in [9.17, 15) is 4.79 Å². The highest BCUT2D eigenvalue weighted by atomic mass is 16.1. The number of nitrogens with one attached hydrogen (secondary N) is 1. The predicted molar refractivity (Wildman–Crippen MR) is 168 cm³/mol. The van der Waals surface area contributed by atoms with Crippen LogP contribution in [-0.4, -0.2) is 49.4 Å². The summed E-state index contributed by atoms with van der Waals surface area (Å²) in [7, 11) is 1.50. The van der Waals surface area contributed by atoms with E-state index in [1.165, 1.54) is 95.7 Å². The number of likely N-dealkylation sites (tertiary alicyclic amines) is 1. The zero-order valence-electron chi connectivity index (χ0n) is 24.6. The Hall–Kier alpha value is -2.76. The Labute approximate surface area is 237 Å². The number of aldehydes is 1. The number of rotatable bonds is 8. The van der Waals surface area contributed by atoms with Crippen molar-refractivity contribution in [2.45, 2.75) is 71.1 Å². The molecule has 0 unspecified atom stereocenters. The average Bonchev–Trinajstić information content (AvgIpc) is 3.84. The van der Waals surface area contributed by atoms with Crippen molar-refractivity contribution in [2.24, 2.45) is 17.6 Å². The van der Waals surface area contributed by atoms with E-state index in [1.54, 1.807) is 17.8 Å². The molecule has 2 heterocycles. The largest absolute Gasteiger partial charge is 0.388 e. The van der Waals surface area contributed by atoms with Gasteiger partial charge in [0.05, 0.1) is 5.52 Å². The average molecular weight is 533 g/mol. The first kappa shape index (κ1) is 32.5. The van der Waals surface area contributed by atoms with E-state index in [2.05, 4.69) is 47.6 Å². The number of hydrogen-bond acceptors (Lipinski definition) is 5. The molecule has 3 N–H and O–H groups in total. The van der Waals surface area contributed by atoms with Crippen molar-refractivity contribution in [1.82, 2.24) is 15.2 Å². The maximum atomic E-state index is 10.6. The molecule has 39 heavy (non-hydrogen) atoms. The van der Waals surface area contributed by atoms with Crippen LogP contribution < -0.4 is 11.1 Å². The van der Waals surface area contributed by atoms with Gasteiger partial charge in [0.2, 0.25) is 0 Å². The number of piperidine rings is 1. The number of pyridine rings is 1. The molecule has 214 valence electrons.